The van der Waals surface area contributed by atoms with Gasteiger partial charge in [-0.05, 0) is 43.7 Å². The van der Waals surface area contributed by atoms with Gasteiger partial charge in [-0.3, -0.25) is 9.59 Å². The number of rotatable bonds is 5. The van der Waals surface area contributed by atoms with Crippen LogP contribution in [0.1, 0.15) is 32.7 Å². The average molecular weight is 452 g/mol. The molecule has 10 heteroatoms. The SMILES string of the molecule is COc1cccc(/C=N\NC(=O)c2nn(-c3ccc(C)c(Cl)c3)c(=O)c(C#N)c2C)c1O. The second kappa shape index (κ2) is 9.32. The molecule has 1 aromatic heterocycles. The van der Waals surface area contributed by atoms with Gasteiger partial charge in [-0.1, -0.05) is 23.7 Å². The molecule has 0 aliphatic carbocycles. The van der Waals surface area contributed by atoms with Crippen molar-refractivity contribution in [2.24, 2.45) is 5.10 Å². The van der Waals surface area contributed by atoms with E-state index in [-0.39, 0.29) is 28.3 Å². The molecule has 0 saturated carbocycles. The molecule has 0 unspecified atom stereocenters. The molecule has 0 atom stereocenters. The van der Waals surface area contributed by atoms with Crippen LogP contribution in [-0.2, 0) is 0 Å². The van der Waals surface area contributed by atoms with Gasteiger partial charge in [-0.15, -0.1) is 0 Å². The van der Waals surface area contributed by atoms with E-state index in [4.69, 9.17) is 16.3 Å². The lowest BCUT2D eigenvalue weighted by Gasteiger charge is -2.11. The number of aromatic hydroxyl groups is 1. The standard InChI is InChI=1S/C22H18ClN5O4/c1-12-7-8-15(9-17(12)23)28-22(31)16(10-24)13(2)19(27-28)21(30)26-25-11-14-5-4-6-18(32-3)20(14)29/h4-9,11,29H,1-3H3,(H,26,30)/b25-11-. The number of carbonyl (C=O) groups excluding carboxylic acids is 1. The van der Waals surface area contributed by atoms with Crippen molar-refractivity contribution in [2.45, 2.75) is 13.8 Å². The highest BCUT2D eigenvalue weighted by atomic mass is 35.5. The van der Waals surface area contributed by atoms with E-state index < -0.39 is 11.5 Å². The van der Waals surface area contributed by atoms with Gasteiger partial charge < -0.3 is 9.84 Å². The minimum absolute atomic E-state index is 0.115. The summed E-state index contributed by atoms with van der Waals surface area (Å²) in [5.41, 5.74) is 2.75. The van der Waals surface area contributed by atoms with Gasteiger partial charge in [-0.2, -0.15) is 20.1 Å². The first-order chi connectivity index (χ1) is 15.3. The van der Waals surface area contributed by atoms with Gasteiger partial charge in [-0.25, -0.2) is 5.43 Å². The molecule has 1 heterocycles. The third kappa shape index (κ3) is 4.31. The molecule has 0 aliphatic rings. The number of nitrogens with one attached hydrogen (secondary N) is 1. The van der Waals surface area contributed by atoms with Crippen molar-refractivity contribution in [3.8, 4) is 23.3 Å². The van der Waals surface area contributed by atoms with Crippen LogP contribution in [0.15, 0.2) is 46.3 Å². The van der Waals surface area contributed by atoms with Crippen molar-refractivity contribution in [3.63, 3.8) is 0 Å². The van der Waals surface area contributed by atoms with Crippen molar-refractivity contribution in [1.29, 1.82) is 5.26 Å². The van der Waals surface area contributed by atoms with Crippen LogP contribution < -0.4 is 15.7 Å². The van der Waals surface area contributed by atoms with Crippen molar-refractivity contribution in [2.75, 3.05) is 7.11 Å². The molecule has 0 bridgehead atoms. The Bertz CT molecular complexity index is 1340. The smallest absolute Gasteiger partial charge is 0.292 e. The zero-order valence-corrected chi connectivity index (χ0v) is 18.1. The minimum Gasteiger partial charge on any atom is -0.504 e. The number of methoxy groups -OCH3 is 1. The second-order valence-corrected chi connectivity index (χ2v) is 7.12. The molecule has 0 aliphatic heterocycles. The van der Waals surface area contributed by atoms with Crippen molar-refractivity contribution in [1.82, 2.24) is 15.2 Å². The Balaban J connectivity index is 1.98. The number of hydrogen-bond donors (Lipinski definition) is 2. The number of nitriles is 1. The molecule has 1 amide bonds. The Morgan fingerprint density at radius 2 is 2.09 bits per heavy atom. The van der Waals surface area contributed by atoms with E-state index in [1.54, 1.807) is 37.3 Å². The van der Waals surface area contributed by atoms with Crippen LogP contribution in [0.4, 0.5) is 0 Å². The van der Waals surface area contributed by atoms with Gasteiger partial charge >= 0.3 is 0 Å². The Morgan fingerprint density at radius 1 is 1.34 bits per heavy atom. The van der Waals surface area contributed by atoms with Crippen molar-refractivity contribution >= 4 is 23.7 Å². The molecule has 0 radical (unpaired) electrons. The predicted octanol–water partition coefficient (Wildman–Crippen LogP) is 2.85. The second-order valence-electron chi connectivity index (χ2n) is 6.71. The number of amides is 1. The van der Waals surface area contributed by atoms with E-state index in [1.165, 1.54) is 26.3 Å². The predicted molar refractivity (Wildman–Crippen MR) is 119 cm³/mol. The summed E-state index contributed by atoms with van der Waals surface area (Å²) in [5, 5.41) is 27.9. The van der Waals surface area contributed by atoms with Crippen molar-refractivity contribution in [3.05, 3.63) is 79.7 Å². The number of phenols is 1. The summed E-state index contributed by atoms with van der Waals surface area (Å²) in [7, 11) is 1.41. The first-order valence-electron chi connectivity index (χ1n) is 9.28. The monoisotopic (exact) mass is 451 g/mol. The fraction of sp³-hybridized carbons (Fsp3) is 0.136. The van der Waals surface area contributed by atoms with Gasteiger partial charge in [0, 0.05) is 16.1 Å². The number of carbonyl (C=O) groups is 1. The number of halogens is 1. The van der Waals surface area contributed by atoms with Crippen LogP contribution in [0.25, 0.3) is 5.69 Å². The molecule has 3 rings (SSSR count). The number of aryl methyl sites for hydroxylation is 1. The maximum atomic E-state index is 12.7. The number of hydrazone groups is 1. The Labute approximate surface area is 188 Å². The number of phenolic OH excluding ortho intramolecular Hbond substituents is 1. The van der Waals surface area contributed by atoms with Crippen LogP contribution >= 0.6 is 11.6 Å². The third-order valence-corrected chi connectivity index (χ3v) is 5.09. The van der Waals surface area contributed by atoms with Crippen LogP contribution in [-0.4, -0.2) is 34.1 Å². The van der Waals surface area contributed by atoms with E-state index in [2.05, 4.69) is 15.6 Å². The van der Waals surface area contributed by atoms with Gasteiger partial charge in [0.1, 0.15) is 11.6 Å². The molecular formula is C22H18ClN5O4. The minimum atomic E-state index is -0.746. The van der Waals surface area contributed by atoms with Crippen LogP contribution in [0.3, 0.4) is 0 Å². The van der Waals surface area contributed by atoms with Gasteiger partial charge in [0.15, 0.2) is 17.2 Å². The summed E-state index contributed by atoms with van der Waals surface area (Å²) in [6.45, 7) is 3.25. The maximum absolute atomic E-state index is 12.7. The van der Waals surface area contributed by atoms with E-state index in [1.807, 2.05) is 6.07 Å². The third-order valence-electron chi connectivity index (χ3n) is 4.68. The first-order valence-corrected chi connectivity index (χ1v) is 9.66. The topological polar surface area (TPSA) is 130 Å². The molecule has 9 nitrogen and oxygen atoms in total. The van der Waals surface area contributed by atoms with Gasteiger partial charge in [0.25, 0.3) is 11.5 Å². The number of para-hydroxylation sites is 1. The number of nitrogens with zero attached hydrogens (tertiary/aromatic N) is 4. The highest BCUT2D eigenvalue weighted by Gasteiger charge is 2.20. The Hall–Kier alpha value is -4.16. The van der Waals surface area contributed by atoms with Crippen molar-refractivity contribution < 1.29 is 14.6 Å². The molecule has 0 saturated heterocycles. The van der Waals surface area contributed by atoms with Crippen LogP contribution in [0.5, 0.6) is 11.5 Å². The van der Waals surface area contributed by atoms with E-state index in [0.29, 0.717) is 16.3 Å². The molecule has 2 aromatic carbocycles. The molecule has 2 N–H and O–H groups in total. The Morgan fingerprint density at radius 3 is 2.75 bits per heavy atom. The van der Waals surface area contributed by atoms with E-state index >= 15 is 0 Å². The van der Waals surface area contributed by atoms with Gasteiger partial charge in [0.05, 0.1) is 19.0 Å². The number of aromatic nitrogens is 2. The molecular weight excluding hydrogens is 434 g/mol. The zero-order chi connectivity index (χ0) is 23.4. The van der Waals surface area contributed by atoms with E-state index in [9.17, 15) is 20.0 Å². The molecule has 0 fully saturated rings. The molecule has 0 spiro atoms. The fourth-order valence-corrected chi connectivity index (χ4v) is 3.04. The van der Waals surface area contributed by atoms with Crippen LogP contribution in [0, 0.1) is 25.2 Å². The first kappa shape index (κ1) is 22.5. The zero-order valence-electron chi connectivity index (χ0n) is 17.4. The highest BCUT2D eigenvalue weighted by Crippen LogP contribution is 2.28. The lowest BCUT2D eigenvalue weighted by molar-refractivity contribution is 0.0947. The Kier molecular flexibility index (Phi) is 6.56. The fourth-order valence-electron chi connectivity index (χ4n) is 2.86. The van der Waals surface area contributed by atoms with E-state index in [0.717, 1.165) is 10.2 Å². The summed E-state index contributed by atoms with van der Waals surface area (Å²) in [6.07, 6.45) is 1.23. The largest absolute Gasteiger partial charge is 0.504 e. The average Bonchev–Trinajstić information content (AvgIpc) is 2.77. The number of benzene rings is 2. The lowest BCUT2D eigenvalue weighted by Crippen LogP contribution is -2.31. The number of ether oxygens (including phenoxy) is 1. The molecule has 32 heavy (non-hydrogen) atoms. The summed E-state index contributed by atoms with van der Waals surface area (Å²) in [6, 6.07) is 11.4. The lowest BCUT2D eigenvalue weighted by atomic mass is 10.1. The highest BCUT2D eigenvalue weighted by molar-refractivity contribution is 6.31. The maximum Gasteiger partial charge on any atom is 0.292 e. The summed E-state index contributed by atoms with van der Waals surface area (Å²) >= 11 is 6.15. The quantitative estimate of drug-likeness (QED) is 0.453. The summed E-state index contributed by atoms with van der Waals surface area (Å²) in [5.74, 6) is -0.635. The normalized spacial score (nSPS) is 10.7. The van der Waals surface area contributed by atoms with Gasteiger partial charge in [0.2, 0.25) is 0 Å². The summed E-state index contributed by atoms with van der Waals surface area (Å²) in [4.78, 5) is 25.4. The number of hydrogen-bond acceptors (Lipinski definition) is 7. The molecule has 162 valence electrons. The molecule has 3 aromatic rings. The summed E-state index contributed by atoms with van der Waals surface area (Å²) < 4.78 is 5.97. The van der Waals surface area contributed by atoms with Crippen LogP contribution in [0.2, 0.25) is 5.02 Å².